The molecule has 0 spiro atoms. The summed E-state index contributed by atoms with van der Waals surface area (Å²) in [6, 6.07) is 7.56. The molecule has 0 fully saturated rings. The van der Waals surface area contributed by atoms with Crippen LogP contribution in [-0.2, 0) is 0 Å². The quantitative estimate of drug-likeness (QED) is 0.925. The van der Waals surface area contributed by atoms with Crippen LogP contribution in [0.25, 0.3) is 11.4 Å². The first-order valence-corrected chi connectivity index (χ1v) is 7.35. The number of para-hydroxylation sites is 1. The van der Waals surface area contributed by atoms with Gasteiger partial charge in [0.25, 0.3) is 5.56 Å². The monoisotopic (exact) mass is 336 g/mol. The predicted octanol–water partition coefficient (Wildman–Crippen LogP) is 3.72. The van der Waals surface area contributed by atoms with E-state index < -0.39 is 0 Å². The van der Waals surface area contributed by atoms with E-state index in [0.717, 1.165) is 17.0 Å². The minimum Gasteiger partial charge on any atom is -0.493 e. The number of H-pyrrole nitrogens is 1. The molecule has 0 aliphatic rings. The molecule has 1 aromatic heterocycles. The fourth-order valence-corrected chi connectivity index (χ4v) is 2.58. The molecular weight excluding hydrogens is 320 g/mol. The molecule has 0 saturated heterocycles. The molecule has 106 valence electrons. The van der Waals surface area contributed by atoms with Crippen LogP contribution in [0.1, 0.15) is 32.4 Å². The molecule has 0 radical (unpaired) electrons. The second kappa shape index (κ2) is 6.22. The van der Waals surface area contributed by atoms with E-state index in [1.165, 1.54) is 0 Å². The van der Waals surface area contributed by atoms with E-state index in [1.807, 2.05) is 45.0 Å². The van der Waals surface area contributed by atoms with Crippen LogP contribution >= 0.6 is 15.9 Å². The number of benzene rings is 1. The molecule has 5 heteroatoms. The number of ether oxygens (including phenoxy) is 1. The van der Waals surface area contributed by atoms with E-state index in [0.29, 0.717) is 16.9 Å². The molecule has 1 heterocycles. The zero-order valence-electron chi connectivity index (χ0n) is 11.7. The average molecular weight is 337 g/mol. The molecule has 2 rings (SSSR count). The van der Waals surface area contributed by atoms with Crippen molar-refractivity contribution in [1.82, 2.24) is 9.97 Å². The average Bonchev–Trinajstić information content (AvgIpc) is 2.42. The van der Waals surface area contributed by atoms with Crippen LogP contribution in [0.3, 0.4) is 0 Å². The normalized spacial score (nSPS) is 10.8. The molecule has 2 aromatic rings. The van der Waals surface area contributed by atoms with Crippen molar-refractivity contribution in [3.63, 3.8) is 0 Å². The maximum Gasteiger partial charge on any atom is 0.265 e. The third-order valence-corrected chi connectivity index (χ3v) is 3.64. The van der Waals surface area contributed by atoms with Crippen molar-refractivity contribution in [2.24, 2.45) is 0 Å². The van der Waals surface area contributed by atoms with Gasteiger partial charge in [0.1, 0.15) is 16.0 Å². The Morgan fingerprint density at radius 3 is 2.70 bits per heavy atom. The van der Waals surface area contributed by atoms with Crippen LogP contribution in [0.2, 0.25) is 0 Å². The number of hydrogen-bond acceptors (Lipinski definition) is 3. The number of aromatic amines is 1. The number of halogens is 1. The first-order valence-electron chi connectivity index (χ1n) is 6.56. The van der Waals surface area contributed by atoms with E-state index in [-0.39, 0.29) is 11.5 Å². The lowest BCUT2D eigenvalue weighted by molar-refractivity contribution is 0.341. The summed E-state index contributed by atoms with van der Waals surface area (Å²) in [5.74, 6) is 1.41. The Morgan fingerprint density at radius 1 is 1.35 bits per heavy atom. The van der Waals surface area contributed by atoms with E-state index in [1.54, 1.807) is 0 Å². The predicted molar refractivity (Wildman–Crippen MR) is 83.3 cm³/mol. The van der Waals surface area contributed by atoms with E-state index in [9.17, 15) is 4.79 Å². The Hall–Kier alpha value is -1.62. The summed E-state index contributed by atoms with van der Waals surface area (Å²) in [7, 11) is 0. The smallest absolute Gasteiger partial charge is 0.265 e. The van der Waals surface area contributed by atoms with Gasteiger partial charge in [-0.1, -0.05) is 26.0 Å². The summed E-state index contributed by atoms with van der Waals surface area (Å²) in [5.41, 5.74) is 1.36. The van der Waals surface area contributed by atoms with E-state index in [2.05, 4.69) is 25.9 Å². The molecule has 0 bridgehead atoms. The lowest BCUT2D eigenvalue weighted by Gasteiger charge is -2.12. The first kappa shape index (κ1) is 14.8. The summed E-state index contributed by atoms with van der Waals surface area (Å²) < 4.78 is 6.08. The molecule has 20 heavy (non-hydrogen) atoms. The molecule has 1 aromatic carbocycles. The second-order valence-electron chi connectivity index (χ2n) is 4.70. The Morgan fingerprint density at radius 2 is 2.05 bits per heavy atom. The largest absolute Gasteiger partial charge is 0.493 e. The highest BCUT2D eigenvalue weighted by atomic mass is 79.9. The van der Waals surface area contributed by atoms with Gasteiger partial charge in [0.05, 0.1) is 17.9 Å². The lowest BCUT2D eigenvalue weighted by Crippen LogP contribution is -2.14. The van der Waals surface area contributed by atoms with Crippen molar-refractivity contribution in [1.29, 1.82) is 0 Å². The van der Waals surface area contributed by atoms with Crippen molar-refractivity contribution in [2.45, 2.75) is 26.7 Å². The summed E-state index contributed by atoms with van der Waals surface area (Å²) in [6.07, 6.45) is 0. The van der Waals surface area contributed by atoms with Crippen LogP contribution < -0.4 is 10.3 Å². The van der Waals surface area contributed by atoms with Crippen molar-refractivity contribution >= 4 is 15.9 Å². The summed E-state index contributed by atoms with van der Waals surface area (Å²) in [6.45, 7) is 6.50. The number of nitrogens with zero attached hydrogens (tertiary/aromatic N) is 1. The van der Waals surface area contributed by atoms with Crippen LogP contribution in [0.5, 0.6) is 5.75 Å². The highest BCUT2D eigenvalue weighted by molar-refractivity contribution is 9.10. The zero-order chi connectivity index (χ0) is 14.7. The maximum atomic E-state index is 12.0. The molecule has 0 amide bonds. The van der Waals surface area contributed by atoms with Crippen LogP contribution in [0.15, 0.2) is 33.5 Å². The fraction of sp³-hybridized carbons (Fsp3) is 0.333. The van der Waals surface area contributed by atoms with Gasteiger partial charge >= 0.3 is 0 Å². The molecule has 0 aliphatic carbocycles. The van der Waals surface area contributed by atoms with Gasteiger partial charge in [-0.05, 0) is 40.9 Å². The molecular formula is C15H17BrN2O2. The van der Waals surface area contributed by atoms with Gasteiger partial charge in [0.15, 0.2) is 0 Å². The van der Waals surface area contributed by atoms with Gasteiger partial charge in [-0.25, -0.2) is 4.98 Å². The first-order chi connectivity index (χ1) is 9.54. The summed E-state index contributed by atoms with van der Waals surface area (Å²) in [5, 5.41) is 0. The SMILES string of the molecule is CCOc1ccccc1-c1nc(C(C)C)c(Br)c(=O)[nH]1. The maximum absolute atomic E-state index is 12.0. The van der Waals surface area contributed by atoms with E-state index in [4.69, 9.17) is 4.74 Å². The standard InChI is InChI=1S/C15H17BrN2O2/c1-4-20-11-8-6-5-7-10(11)14-17-13(9(2)3)12(16)15(19)18-14/h5-9H,4H2,1-3H3,(H,17,18,19). The minimum atomic E-state index is -0.176. The van der Waals surface area contributed by atoms with Gasteiger partial charge in [-0.2, -0.15) is 0 Å². The van der Waals surface area contributed by atoms with Gasteiger partial charge < -0.3 is 9.72 Å². The lowest BCUT2D eigenvalue weighted by atomic mass is 10.1. The topological polar surface area (TPSA) is 55.0 Å². The molecule has 0 aliphatic heterocycles. The molecule has 4 nitrogen and oxygen atoms in total. The van der Waals surface area contributed by atoms with Crippen molar-refractivity contribution < 1.29 is 4.74 Å². The Balaban J connectivity index is 2.62. The van der Waals surface area contributed by atoms with Gasteiger partial charge in [0, 0.05) is 0 Å². The zero-order valence-corrected chi connectivity index (χ0v) is 13.3. The third kappa shape index (κ3) is 2.93. The Kier molecular flexibility index (Phi) is 4.60. The van der Waals surface area contributed by atoms with Crippen LogP contribution in [0, 0.1) is 0 Å². The number of rotatable bonds is 4. The van der Waals surface area contributed by atoms with Gasteiger partial charge in [0.2, 0.25) is 0 Å². The highest BCUT2D eigenvalue weighted by Gasteiger charge is 2.15. The number of hydrogen-bond donors (Lipinski definition) is 1. The second-order valence-corrected chi connectivity index (χ2v) is 5.49. The number of nitrogens with one attached hydrogen (secondary N) is 1. The minimum absolute atomic E-state index is 0.157. The van der Waals surface area contributed by atoms with Crippen LogP contribution in [-0.4, -0.2) is 16.6 Å². The molecule has 0 saturated carbocycles. The molecule has 0 atom stereocenters. The molecule has 0 unspecified atom stereocenters. The van der Waals surface area contributed by atoms with Crippen molar-refractivity contribution in [2.75, 3.05) is 6.61 Å². The Bertz CT molecular complexity index is 665. The van der Waals surface area contributed by atoms with Crippen LogP contribution in [0.4, 0.5) is 0 Å². The molecule has 1 N–H and O–H groups in total. The van der Waals surface area contributed by atoms with E-state index >= 15 is 0 Å². The third-order valence-electron chi connectivity index (χ3n) is 2.88. The Labute approximate surface area is 126 Å². The highest BCUT2D eigenvalue weighted by Crippen LogP contribution is 2.28. The summed E-state index contributed by atoms with van der Waals surface area (Å²) in [4.78, 5) is 19.4. The van der Waals surface area contributed by atoms with Crippen molar-refractivity contribution in [3.8, 4) is 17.1 Å². The van der Waals surface area contributed by atoms with Gasteiger partial charge in [-0.3, -0.25) is 4.79 Å². The number of aromatic nitrogens is 2. The van der Waals surface area contributed by atoms with Gasteiger partial charge in [-0.15, -0.1) is 0 Å². The fourth-order valence-electron chi connectivity index (χ4n) is 1.93. The summed E-state index contributed by atoms with van der Waals surface area (Å²) >= 11 is 3.30. The van der Waals surface area contributed by atoms with Crippen molar-refractivity contribution in [3.05, 3.63) is 44.8 Å².